The monoisotopic (exact) mass is 237 g/mol. The van der Waals surface area contributed by atoms with Gasteiger partial charge in [-0.3, -0.25) is 0 Å². The Morgan fingerprint density at radius 3 is 2.65 bits per heavy atom. The van der Waals surface area contributed by atoms with Gasteiger partial charge in [-0.15, -0.1) is 0 Å². The maximum atomic E-state index is 8.73. The van der Waals surface area contributed by atoms with E-state index in [4.69, 9.17) is 9.84 Å². The topological polar surface area (TPSA) is 41.5 Å². The van der Waals surface area contributed by atoms with E-state index in [9.17, 15) is 0 Å². The third kappa shape index (κ3) is 4.02. The lowest BCUT2D eigenvalue weighted by Gasteiger charge is -2.27. The number of aliphatic hydroxyl groups is 1. The molecule has 0 unspecified atom stereocenters. The number of nitrogens with one attached hydrogen (secondary N) is 1. The van der Waals surface area contributed by atoms with Crippen LogP contribution in [0.15, 0.2) is 24.3 Å². The van der Waals surface area contributed by atoms with Crippen LogP contribution < -0.4 is 10.1 Å². The van der Waals surface area contributed by atoms with Crippen LogP contribution in [0, 0.1) is 0 Å². The Labute approximate surface area is 104 Å². The molecule has 3 nitrogen and oxygen atoms in total. The Morgan fingerprint density at radius 1 is 1.29 bits per heavy atom. The molecule has 1 aromatic carbocycles. The SMILES string of the molecule is COc1ccccc1C(C)(C)CNCCCO. The molecule has 0 aliphatic heterocycles. The summed E-state index contributed by atoms with van der Waals surface area (Å²) in [6.45, 7) is 6.33. The Hall–Kier alpha value is -1.06. The first kappa shape index (κ1) is 14.0. The van der Waals surface area contributed by atoms with Gasteiger partial charge in [0.15, 0.2) is 0 Å². The molecule has 3 heteroatoms. The van der Waals surface area contributed by atoms with Gasteiger partial charge in [0, 0.05) is 24.1 Å². The molecule has 0 aromatic heterocycles. The summed E-state index contributed by atoms with van der Waals surface area (Å²) in [7, 11) is 1.70. The van der Waals surface area contributed by atoms with Gasteiger partial charge in [-0.25, -0.2) is 0 Å². The molecule has 0 bridgehead atoms. The molecule has 0 saturated heterocycles. The number of benzene rings is 1. The van der Waals surface area contributed by atoms with Crippen molar-refractivity contribution in [3.05, 3.63) is 29.8 Å². The fourth-order valence-electron chi connectivity index (χ4n) is 1.90. The summed E-state index contributed by atoms with van der Waals surface area (Å²) < 4.78 is 5.39. The van der Waals surface area contributed by atoms with Crippen molar-refractivity contribution in [2.24, 2.45) is 0 Å². The number of hydrogen-bond acceptors (Lipinski definition) is 3. The van der Waals surface area contributed by atoms with E-state index in [1.807, 2.05) is 18.2 Å². The first-order valence-corrected chi connectivity index (χ1v) is 6.07. The van der Waals surface area contributed by atoms with E-state index >= 15 is 0 Å². The highest BCUT2D eigenvalue weighted by Crippen LogP contribution is 2.30. The molecule has 0 fully saturated rings. The molecule has 0 spiro atoms. The average Bonchev–Trinajstić information content (AvgIpc) is 2.34. The zero-order chi connectivity index (χ0) is 12.7. The van der Waals surface area contributed by atoms with Crippen molar-refractivity contribution in [3.8, 4) is 5.75 Å². The lowest BCUT2D eigenvalue weighted by molar-refractivity contribution is 0.283. The van der Waals surface area contributed by atoms with Gasteiger partial charge in [-0.1, -0.05) is 32.0 Å². The van der Waals surface area contributed by atoms with Gasteiger partial charge in [0.05, 0.1) is 7.11 Å². The van der Waals surface area contributed by atoms with Gasteiger partial charge in [0.2, 0.25) is 0 Å². The second-order valence-corrected chi connectivity index (χ2v) is 4.84. The third-order valence-corrected chi connectivity index (χ3v) is 2.91. The number of ether oxygens (including phenoxy) is 1. The van der Waals surface area contributed by atoms with Gasteiger partial charge >= 0.3 is 0 Å². The van der Waals surface area contributed by atoms with E-state index in [0.29, 0.717) is 0 Å². The summed E-state index contributed by atoms with van der Waals surface area (Å²) in [6.07, 6.45) is 0.794. The molecule has 0 saturated carbocycles. The summed E-state index contributed by atoms with van der Waals surface area (Å²) in [5.41, 5.74) is 1.22. The largest absolute Gasteiger partial charge is 0.496 e. The highest BCUT2D eigenvalue weighted by molar-refractivity contribution is 5.39. The Morgan fingerprint density at radius 2 is 2.00 bits per heavy atom. The van der Waals surface area contributed by atoms with Gasteiger partial charge in [-0.05, 0) is 19.0 Å². The normalized spacial score (nSPS) is 11.5. The van der Waals surface area contributed by atoms with Gasteiger partial charge in [0.1, 0.15) is 5.75 Å². The van der Waals surface area contributed by atoms with Crippen LogP contribution in [0.2, 0.25) is 0 Å². The van der Waals surface area contributed by atoms with Crippen molar-refractivity contribution >= 4 is 0 Å². The maximum Gasteiger partial charge on any atom is 0.122 e. The molecule has 96 valence electrons. The smallest absolute Gasteiger partial charge is 0.122 e. The second-order valence-electron chi connectivity index (χ2n) is 4.84. The van der Waals surface area contributed by atoms with Crippen LogP contribution in [0.4, 0.5) is 0 Å². The molecule has 2 N–H and O–H groups in total. The molecule has 0 aliphatic carbocycles. The minimum absolute atomic E-state index is 0.0159. The highest BCUT2D eigenvalue weighted by Gasteiger charge is 2.23. The second kappa shape index (κ2) is 6.62. The average molecular weight is 237 g/mol. The van der Waals surface area contributed by atoms with E-state index in [0.717, 1.165) is 25.3 Å². The zero-order valence-corrected chi connectivity index (χ0v) is 11.0. The first-order valence-electron chi connectivity index (χ1n) is 6.07. The van der Waals surface area contributed by atoms with E-state index in [1.54, 1.807) is 7.11 Å². The van der Waals surface area contributed by atoms with E-state index in [-0.39, 0.29) is 12.0 Å². The number of aliphatic hydroxyl groups excluding tert-OH is 1. The molecule has 1 aromatic rings. The Balaban J connectivity index is 2.67. The van der Waals surface area contributed by atoms with Gasteiger partial charge in [-0.2, -0.15) is 0 Å². The van der Waals surface area contributed by atoms with Crippen molar-refractivity contribution in [1.82, 2.24) is 5.32 Å². The summed E-state index contributed by atoms with van der Waals surface area (Å²) in [6, 6.07) is 8.11. The summed E-state index contributed by atoms with van der Waals surface area (Å²) >= 11 is 0. The zero-order valence-electron chi connectivity index (χ0n) is 11.0. The Bertz CT molecular complexity index is 337. The molecule has 0 heterocycles. The van der Waals surface area contributed by atoms with E-state index in [1.165, 1.54) is 5.56 Å². The Kier molecular flexibility index (Phi) is 5.45. The molecule has 0 amide bonds. The fraction of sp³-hybridized carbons (Fsp3) is 0.571. The predicted octanol–water partition coefficient (Wildman–Crippen LogP) is 1.94. The molecular formula is C14H23NO2. The number of hydrogen-bond donors (Lipinski definition) is 2. The predicted molar refractivity (Wildman–Crippen MR) is 70.6 cm³/mol. The molecule has 0 atom stereocenters. The minimum Gasteiger partial charge on any atom is -0.496 e. The van der Waals surface area contributed by atoms with E-state index < -0.39 is 0 Å². The van der Waals surface area contributed by atoms with Crippen molar-refractivity contribution in [2.45, 2.75) is 25.7 Å². The molecule has 17 heavy (non-hydrogen) atoms. The van der Waals surface area contributed by atoms with Crippen LogP contribution in [0.25, 0.3) is 0 Å². The molecule has 0 aliphatic rings. The fourth-order valence-corrected chi connectivity index (χ4v) is 1.90. The van der Waals surface area contributed by atoms with Crippen LogP contribution in [-0.4, -0.2) is 31.9 Å². The lowest BCUT2D eigenvalue weighted by Crippen LogP contribution is -2.34. The lowest BCUT2D eigenvalue weighted by atomic mass is 9.84. The molecular weight excluding hydrogens is 214 g/mol. The van der Waals surface area contributed by atoms with Crippen molar-refractivity contribution in [2.75, 3.05) is 26.8 Å². The third-order valence-electron chi connectivity index (χ3n) is 2.91. The van der Waals surface area contributed by atoms with Crippen LogP contribution in [-0.2, 0) is 5.41 Å². The van der Waals surface area contributed by atoms with Crippen LogP contribution in [0.5, 0.6) is 5.75 Å². The maximum absolute atomic E-state index is 8.73. The van der Waals surface area contributed by atoms with Crippen LogP contribution in [0.3, 0.4) is 0 Å². The number of para-hydroxylation sites is 1. The molecule has 0 radical (unpaired) electrons. The van der Waals surface area contributed by atoms with Crippen molar-refractivity contribution in [1.29, 1.82) is 0 Å². The van der Waals surface area contributed by atoms with E-state index in [2.05, 4.69) is 25.2 Å². The number of rotatable bonds is 7. The van der Waals surface area contributed by atoms with Crippen molar-refractivity contribution in [3.63, 3.8) is 0 Å². The number of methoxy groups -OCH3 is 1. The van der Waals surface area contributed by atoms with Crippen LogP contribution in [0.1, 0.15) is 25.8 Å². The standard InChI is InChI=1S/C14H23NO2/c1-14(2,11-15-9-6-10-16)12-7-4-5-8-13(12)17-3/h4-5,7-8,15-16H,6,9-11H2,1-3H3. The van der Waals surface area contributed by atoms with Gasteiger partial charge in [0.25, 0.3) is 0 Å². The van der Waals surface area contributed by atoms with Crippen LogP contribution >= 0.6 is 0 Å². The minimum atomic E-state index is 0.0159. The highest BCUT2D eigenvalue weighted by atomic mass is 16.5. The summed E-state index contributed by atoms with van der Waals surface area (Å²) in [4.78, 5) is 0. The first-order chi connectivity index (χ1) is 8.11. The van der Waals surface area contributed by atoms with Gasteiger partial charge < -0.3 is 15.2 Å². The van der Waals surface area contributed by atoms with Crippen molar-refractivity contribution < 1.29 is 9.84 Å². The summed E-state index contributed by atoms with van der Waals surface area (Å²) in [5, 5.41) is 12.1. The quantitative estimate of drug-likeness (QED) is 0.712. The molecule has 1 rings (SSSR count). The summed E-state index contributed by atoms with van der Waals surface area (Å²) in [5.74, 6) is 0.932.